The largest absolute Gasteiger partial charge is 0.288 e. The van der Waals surface area contributed by atoms with Gasteiger partial charge in [-0.1, -0.05) is 13.0 Å². The Morgan fingerprint density at radius 3 is 3.06 bits per heavy atom. The average molecular weight is 245 g/mol. The lowest BCUT2D eigenvalue weighted by Gasteiger charge is -1.95. The third kappa shape index (κ3) is 1.68. The molecule has 0 saturated carbocycles. The molecule has 0 saturated heterocycles. The molecule has 0 bridgehead atoms. The predicted octanol–water partition coefficient (Wildman–Crippen LogP) is 2.31. The molecule has 3 rings (SSSR count). The molecule has 0 aliphatic heterocycles. The van der Waals surface area contributed by atoms with Crippen LogP contribution in [0.25, 0.3) is 16.2 Å². The number of nitrogens with one attached hydrogen (secondary N) is 1. The van der Waals surface area contributed by atoms with Crippen molar-refractivity contribution in [2.24, 2.45) is 0 Å². The summed E-state index contributed by atoms with van der Waals surface area (Å²) in [7, 11) is 0. The number of thiophene rings is 1. The molecule has 4 nitrogen and oxygen atoms in total. The van der Waals surface area contributed by atoms with Gasteiger partial charge in [0.2, 0.25) is 0 Å². The number of nitrogens with zero attached hydrogens (tertiary/aromatic N) is 2. The van der Waals surface area contributed by atoms with Gasteiger partial charge in [0.25, 0.3) is 5.56 Å². The van der Waals surface area contributed by atoms with Gasteiger partial charge >= 0.3 is 0 Å². The zero-order chi connectivity index (χ0) is 11.8. The highest BCUT2D eigenvalue weighted by molar-refractivity contribution is 7.13. The lowest BCUT2D eigenvalue weighted by atomic mass is 10.3. The summed E-state index contributed by atoms with van der Waals surface area (Å²) in [6.07, 6.45) is 0.769. The van der Waals surface area contributed by atoms with Crippen LogP contribution in [0.3, 0.4) is 0 Å². The van der Waals surface area contributed by atoms with Crippen LogP contribution in [0, 0.1) is 0 Å². The fourth-order valence-corrected chi connectivity index (χ4v) is 2.47. The maximum atomic E-state index is 11.8. The van der Waals surface area contributed by atoms with Gasteiger partial charge in [-0.2, -0.15) is 0 Å². The molecule has 17 heavy (non-hydrogen) atoms. The molecule has 86 valence electrons. The predicted molar refractivity (Wildman–Crippen MR) is 68.5 cm³/mol. The van der Waals surface area contributed by atoms with Gasteiger partial charge in [0, 0.05) is 17.8 Å². The SMILES string of the molecule is CCc1cc(=O)n2[nH]c(-c3cccs3)cc2n1. The molecule has 0 amide bonds. The Bertz CT molecular complexity index is 709. The maximum absolute atomic E-state index is 11.8. The number of fused-ring (bicyclic) bond motifs is 1. The van der Waals surface area contributed by atoms with Crippen LogP contribution < -0.4 is 5.56 Å². The molecule has 1 N–H and O–H groups in total. The van der Waals surface area contributed by atoms with E-state index in [1.807, 2.05) is 30.5 Å². The average Bonchev–Trinajstić information content (AvgIpc) is 2.96. The van der Waals surface area contributed by atoms with Gasteiger partial charge in [-0.3, -0.25) is 9.89 Å². The highest BCUT2D eigenvalue weighted by Gasteiger charge is 2.07. The van der Waals surface area contributed by atoms with E-state index in [2.05, 4.69) is 10.1 Å². The molecule has 3 heterocycles. The van der Waals surface area contributed by atoms with E-state index in [1.165, 1.54) is 4.52 Å². The quantitative estimate of drug-likeness (QED) is 0.753. The summed E-state index contributed by atoms with van der Waals surface area (Å²) in [5.41, 5.74) is 2.37. The molecule has 0 radical (unpaired) electrons. The molecule has 0 aromatic carbocycles. The molecule has 0 spiro atoms. The Kier molecular flexibility index (Phi) is 2.33. The molecule has 0 unspecified atom stereocenters. The molecule has 0 atom stereocenters. The minimum absolute atomic E-state index is 0.0605. The van der Waals surface area contributed by atoms with Crippen LogP contribution in [-0.4, -0.2) is 14.6 Å². The second-order valence-corrected chi connectivity index (χ2v) is 4.73. The van der Waals surface area contributed by atoms with Crippen molar-refractivity contribution >= 4 is 17.0 Å². The van der Waals surface area contributed by atoms with Crippen molar-refractivity contribution in [2.45, 2.75) is 13.3 Å². The summed E-state index contributed by atoms with van der Waals surface area (Å²) in [5, 5.41) is 5.08. The molecule has 0 aliphatic carbocycles. The van der Waals surface area contributed by atoms with Crippen molar-refractivity contribution in [3.05, 3.63) is 45.7 Å². The highest BCUT2D eigenvalue weighted by atomic mass is 32.1. The number of hydrogen-bond donors (Lipinski definition) is 1. The van der Waals surface area contributed by atoms with E-state index in [-0.39, 0.29) is 5.56 Å². The summed E-state index contributed by atoms with van der Waals surface area (Å²) in [6, 6.07) is 7.48. The van der Waals surface area contributed by atoms with E-state index < -0.39 is 0 Å². The molecular formula is C12H11N3OS. The molecule has 3 aromatic rings. The normalized spacial score (nSPS) is 11.1. The number of rotatable bonds is 2. The van der Waals surface area contributed by atoms with Crippen LogP contribution in [-0.2, 0) is 6.42 Å². The maximum Gasteiger partial charge on any atom is 0.272 e. The first kappa shape index (κ1) is 10.3. The minimum Gasteiger partial charge on any atom is -0.288 e. The Balaban J connectivity index is 2.26. The number of hydrogen-bond acceptors (Lipinski definition) is 3. The fourth-order valence-electron chi connectivity index (χ4n) is 1.78. The van der Waals surface area contributed by atoms with Crippen LogP contribution in [0.15, 0.2) is 34.4 Å². The number of aromatic amines is 1. The number of aromatic nitrogens is 3. The Morgan fingerprint density at radius 1 is 1.47 bits per heavy atom. The van der Waals surface area contributed by atoms with E-state index in [9.17, 15) is 4.79 Å². The summed E-state index contributed by atoms with van der Waals surface area (Å²) in [5.74, 6) is 0. The van der Waals surface area contributed by atoms with Crippen molar-refractivity contribution in [2.75, 3.05) is 0 Å². The van der Waals surface area contributed by atoms with Crippen molar-refractivity contribution in [3.63, 3.8) is 0 Å². The molecule has 0 aliphatic rings. The number of H-pyrrole nitrogens is 1. The summed E-state index contributed by atoms with van der Waals surface area (Å²) in [6.45, 7) is 1.99. The second kappa shape index (κ2) is 3.85. The summed E-state index contributed by atoms with van der Waals surface area (Å²) >= 11 is 1.63. The zero-order valence-corrected chi connectivity index (χ0v) is 10.1. The first-order valence-electron chi connectivity index (χ1n) is 5.43. The lowest BCUT2D eigenvalue weighted by Crippen LogP contribution is -2.15. The first-order valence-corrected chi connectivity index (χ1v) is 6.31. The lowest BCUT2D eigenvalue weighted by molar-refractivity contribution is 0.879. The van der Waals surface area contributed by atoms with E-state index in [0.717, 1.165) is 22.7 Å². The van der Waals surface area contributed by atoms with Crippen molar-refractivity contribution in [1.82, 2.24) is 14.6 Å². The van der Waals surface area contributed by atoms with Crippen LogP contribution in [0.1, 0.15) is 12.6 Å². The van der Waals surface area contributed by atoms with Gasteiger partial charge in [-0.05, 0) is 17.9 Å². The van der Waals surface area contributed by atoms with Gasteiger partial charge in [0.05, 0.1) is 10.6 Å². The Labute approximate surface area is 102 Å². The molecular weight excluding hydrogens is 234 g/mol. The van der Waals surface area contributed by atoms with E-state index in [0.29, 0.717) is 5.65 Å². The standard InChI is InChI=1S/C12H11N3OS/c1-2-8-6-12(16)15-11(13-8)7-9(14-15)10-4-3-5-17-10/h3-7,14H,2H2,1H3. The third-order valence-corrected chi connectivity index (χ3v) is 3.56. The number of aryl methyl sites for hydroxylation is 1. The van der Waals surface area contributed by atoms with Crippen LogP contribution in [0.5, 0.6) is 0 Å². The van der Waals surface area contributed by atoms with Crippen LogP contribution in [0.2, 0.25) is 0 Å². The zero-order valence-electron chi connectivity index (χ0n) is 9.30. The van der Waals surface area contributed by atoms with Gasteiger partial charge < -0.3 is 0 Å². The molecule has 0 fully saturated rings. The fraction of sp³-hybridized carbons (Fsp3) is 0.167. The highest BCUT2D eigenvalue weighted by Crippen LogP contribution is 2.23. The second-order valence-electron chi connectivity index (χ2n) is 3.78. The van der Waals surface area contributed by atoms with E-state index >= 15 is 0 Å². The monoisotopic (exact) mass is 245 g/mol. The van der Waals surface area contributed by atoms with E-state index in [1.54, 1.807) is 17.4 Å². The van der Waals surface area contributed by atoms with Gasteiger partial charge in [0.15, 0.2) is 5.65 Å². The Morgan fingerprint density at radius 2 is 2.35 bits per heavy atom. The topological polar surface area (TPSA) is 50.2 Å². The van der Waals surface area contributed by atoms with Crippen molar-refractivity contribution < 1.29 is 0 Å². The van der Waals surface area contributed by atoms with E-state index in [4.69, 9.17) is 0 Å². The minimum atomic E-state index is -0.0605. The smallest absolute Gasteiger partial charge is 0.272 e. The van der Waals surface area contributed by atoms with Gasteiger partial charge in [-0.15, -0.1) is 11.3 Å². The summed E-state index contributed by atoms with van der Waals surface area (Å²) < 4.78 is 1.48. The summed E-state index contributed by atoms with van der Waals surface area (Å²) in [4.78, 5) is 17.4. The van der Waals surface area contributed by atoms with Gasteiger partial charge in [0.1, 0.15) is 0 Å². The first-order chi connectivity index (χ1) is 8.28. The van der Waals surface area contributed by atoms with Crippen LogP contribution in [0.4, 0.5) is 0 Å². The van der Waals surface area contributed by atoms with Crippen molar-refractivity contribution in [3.8, 4) is 10.6 Å². The van der Waals surface area contributed by atoms with Crippen molar-refractivity contribution in [1.29, 1.82) is 0 Å². The third-order valence-electron chi connectivity index (χ3n) is 2.65. The van der Waals surface area contributed by atoms with Gasteiger partial charge in [-0.25, -0.2) is 9.50 Å². The van der Waals surface area contributed by atoms with Crippen LogP contribution >= 0.6 is 11.3 Å². The molecule has 3 aromatic heterocycles. The molecule has 5 heteroatoms. The Hall–Kier alpha value is -1.88.